The lowest BCUT2D eigenvalue weighted by molar-refractivity contribution is -0.140. The van der Waals surface area contributed by atoms with E-state index in [0.717, 1.165) is 38.5 Å². The fourth-order valence-electron chi connectivity index (χ4n) is 3.63. The van der Waals surface area contributed by atoms with Gasteiger partial charge < -0.3 is 9.84 Å². The molecule has 4 nitrogen and oxygen atoms in total. The topological polar surface area (TPSA) is 63.6 Å². The maximum absolute atomic E-state index is 12.2. The Hall–Kier alpha value is -1.42. The van der Waals surface area contributed by atoms with Gasteiger partial charge in [0.25, 0.3) is 0 Å². The van der Waals surface area contributed by atoms with Gasteiger partial charge >= 0.3 is 5.97 Å². The molecule has 1 aliphatic rings. The van der Waals surface area contributed by atoms with Crippen molar-refractivity contribution in [1.82, 2.24) is 0 Å². The summed E-state index contributed by atoms with van der Waals surface area (Å²) in [5.74, 6) is 0.542. The van der Waals surface area contributed by atoms with Crippen LogP contribution in [0.2, 0.25) is 0 Å². The van der Waals surface area contributed by atoms with Gasteiger partial charge in [0.1, 0.15) is 5.78 Å². The molecule has 3 atom stereocenters. The number of aliphatic hydroxyl groups is 1. The highest BCUT2D eigenvalue weighted by atomic mass is 16.5. The quantitative estimate of drug-likeness (QED) is 0.258. The number of ketones is 1. The summed E-state index contributed by atoms with van der Waals surface area (Å²) >= 11 is 0. The summed E-state index contributed by atoms with van der Waals surface area (Å²) in [4.78, 5) is 23.2. The van der Waals surface area contributed by atoms with E-state index in [1.165, 1.54) is 26.4 Å². The lowest BCUT2D eigenvalue weighted by atomic mass is 9.91. The number of allylic oxidation sites excluding steroid dienone is 3. The molecule has 0 aliphatic heterocycles. The largest absolute Gasteiger partial charge is 0.469 e. The summed E-state index contributed by atoms with van der Waals surface area (Å²) in [6.07, 6.45) is 18.8. The molecule has 1 N–H and O–H groups in total. The summed E-state index contributed by atoms with van der Waals surface area (Å²) in [6, 6.07) is 0. The first kappa shape index (κ1) is 23.6. The number of aliphatic hydroxyl groups excluding tert-OH is 1. The van der Waals surface area contributed by atoms with E-state index in [0.29, 0.717) is 31.0 Å². The van der Waals surface area contributed by atoms with Crippen LogP contribution >= 0.6 is 0 Å². The normalized spacial score (nSPS) is 21.4. The summed E-state index contributed by atoms with van der Waals surface area (Å²) < 4.78 is 4.62. The predicted octanol–water partition coefficient (Wildman–Crippen LogP) is 5.15. The Morgan fingerprint density at radius 2 is 2.04 bits per heavy atom. The maximum atomic E-state index is 12.2. The molecule has 0 heterocycles. The number of hydrogen-bond acceptors (Lipinski definition) is 4. The van der Waals surface area contributed by atoms with E-state index in [2.05, 4.69) is 36.0 Å². The third kappa shape index (κ3) is 10.5. The molecule has 0 aromatic carbocycles. The fraction of sp³-hybridized carbons (Fsp3) is 0.739. The molecule has 0 saturated heterocycles. The zero-order chi connectivity index (χ0) is 19.9. The first-order valence-corrected chi connectivity index (χ1v) is 10.7. The SMILES string of the molecule is CCCCCCC(O)CC=C[C@H]1CCC(=O)[C@@H]1CC=CCCCC(=O)OC. The third-order valence-corrected chi connectivity index (χ3v) is 5.37. The van der Waals surface area contributed by atoms with Crippen LogP contribution in [-0.2, 0) is 14.3 Å². The van der Waals surface area contributed by atoms with Crippen molar-refractivity contribution in [2.24, 2.45) is 11.8 Å². The molecule has 0 spiro atoms. The van der Waals surface area contributed by atoms with E-state index in [9.17, 15) is 14.7 Å². The highest BCUT2D eigenvalue weighted by Gasteiger charge is 2.31. The second kappa shape index (κ2) is 14.6. The maximum Gasteiger partial charge on any atom is 0.305 e. The number of ether oxygens (including phenoxy) is 1. The van der Waals surface area contributed by atoms with Gasteiger partial charge in [0.05, 0.1) is 13.2 Å². The van der Waals surface area contributed by atoms with Gasteiger partial charge in [-0.3, -0.25) is 9.59 Å². The number of rotatable bonds is 14. The molecule has 0 radical (unpaired) electrons. The third-order valence-electron chi connectivity index (χ3n) is 5.37. The summed E-state index contributed by atoms with van der Waals surface area (Å²) in [5.41, 5.74) is 0. The van der Waals surface area contributed by atoms with Crippen LogP contribution in [-0.4, -0.2) is 30.1 Å². The van der Waals surface area contributed by atoms with Crippen molar-refractivity contribution in [2.75, 3.05) is 7.11 Å². The van der Waals surface area contributed by atoms with Crippen molar-refractivity contribution in [3.05, 3.63) is 24.3 Å². The van der Waals surface area contributed by atoms with E-state index in [-0.39, 0.29) is 18.0 Å². The summed E-state index contributed by atoms with van der Waals surface area (Å²) in [7, 11) is 1.41. The lowest BCUT2D eigenvalue weighted by Gasteiger charge is -2.13. The monoisotopic (exact) mass is 378 g/mol. The van der Waals surface area contributed by atoms with E-state index in [1.54, 1.807) is 0 Å². The molecular formula is C23H38O4. The minimum atomic E-state index is -0.261. The zero-order valence-electron chi connectivity index (χ0n) is 17.2. The molecule has 1 aliphatic carbocycles. The molecule has 1 rings (SSSR count). The highest BCUT2D eigenvalue weighted by Crippen LogP contribution is 2.33. The molecule has 0 aromatic heterocycles. The van der Waals surface area contributed by atoms with Gasteiger partial charge in [0, 0.05) is 18.8 Å². The van der Waals surface area contributed by atoms with Crippen LogP contribution in [0, 0.1) is 11.8 Å². The van der Waals surface area contributed by atoms with Crippen LogP contribution < -0.4 is 0 Å². The minimum absolute atomic E-state index is 0.0693. The van der Waals surface area contributed by atoms with Crippen LogP contribution in [0.15, 0.2) is 24.3 Å². The lowest BCUT2D eigenvalue weighted by Crippen LogP contribution is -2.12. The van der Waals surface area contributed by atoms with Gasteiger partial charge in [0.15, 0.2) is 0 Å². The van der Waals surface area contributed by atoms with Gasteiger partial charge in [-0.1, -0.05) is 56.9 Å². The van der Waals surface area contributed by atoms with Crippen molar-refractivity contribution in [3.8, 4) is 0 Å². The Bertz CT molecular complexity index is 481. The Morgan fingerprint density at radius 3 is 2.78 bits per heavy atom. The number of Topliss-reactive ketones (excluding diaryl/α,β-unsaturated/α-hetero) is 1. The number of methoxy groups -OCH3 is 1. The van der Waals surface area contributed by atoms with Gasteiger partial charge in [0.2, 0.25) is 0 Å². The van der Waals surface area contributed by atoms with Crippen LogP contribution in [0.5, 0.6) is 0 Å². The smallest absolute Gasteiger partial charge is 0.305 e. The van der Waals surface area contributed by atoms with Crippen molar-refractivity contribution < 1.29 is 19.4 Å². The van der Waals surface area contributed by atoms with Crippen molar-refractivity contribution in [2.45, 2.75) is 90.1 Å². The molecule has 0 bridgehead atoms. The van der Waals surface area contributed by atoms with Crippen molar-refractivity contribution >= 4 is 11.8 Å². The first-order valence-electron chi connectivity index (χ1n) is 10.7. The molecule has 27 heavy (non-hydrogen) atoms. The second-order valence-electron chi connectivity index (χ2n) is 7.62. The number of carbonyl (C=O) groups excluding carboxylic acids is 2. The average Bonchev–Trinajstić information content (AvgIpc) is 3.01. The first-order chi connectivity index (χ1) is 13.1. The molecule has 0 aromatic rings. The summed E-state index contributed by atoms with van der Waals surface area (Å²) in [5, 5.41) is 10.1. The molecule has 0 amide bonds. The standard InChI is InChI=1S/C23H38O4/c1-3-4-5-8-13-20(24)14-11-12-19-17-18-22(25)21(19)15-9-6-7-10-16-23(26)27-2/h6,9,11-12,19-21,24H,3-5,7-8,10,13-18H2,1-2H3/t19-,20?,21+/m0/s1. The predicted molar refractivity (Wildman–Crippen MR) is 109 cm³/mol. The van der Waals surface area contributed by atoms with E-state index in [1.807, 2.05) is 0 Å². The highest BCUT2D eigenvalue weighted by molar-refractivity contribution is 5.83. The molecule has 1 unspecified atom stereocenters. The van der Waals surface area contributed by atoms with Gasteiger partial charge in [-0.2, -0.15) is 0 Å². The number of hydrogen-bond donors (Lipinski definition) is 1. The number of carbonyl (C=O) groups is 2. The Balaban J connectivity index is 2.29. The fourth-order valence-corrected chi connectivity index (χ4v) is 3.63. The average molecular weight is 379 g/mol. The zero-order valence-corrected chi connectivity index (χ0v) is 17.2. The molecule has 1 fully saturated rings. The van der Waals surface area contributed by atoms with Crippen molar-refractivity contribution in [3.63, 3.8) is 0 Å². The van der Waals surface area contributed by atoms with Crippen LogP contribution in [0.3, 0.4) is 0 Å². The van der Waals surface area contributed by atoms with Crippen molar-refractivity contribution in [1.29, 1.82) is 0 Å². The van der Waals surface area contributed by atoms with Crippen LogP contribution in [0.1, 0.15) is 84.0 Å². The van der Waals surface area contributed by atoms with E-state index in [4.69, 9.17) is 0 Å². The van der Waals surface area contributed by atoms with E-state index >= 15 is 0 Å². The molecular weight excluding hydrogens is 340 g/mol. The molecule has 154 valence electrons. The van der Waals surface area contributed by atoms with E-state index < -0.39 is 0 Å². The van der Waals surface area contributed by atoms with Gasteiger partial charge in [-0.25, -0.2) is 0 Å². The Labute approximate surface area is 165 Å². The van der Waals surface area contributed by atoms with Crippen LogP contribution in [0.25, 0.3) is 0 Å². The number of unbranched alkanes of at least 4 members (excludes halogenated alkanes) is 4. The van der Waals surface area contributed by atoms with Gasteiger partial charge in [-0.05, 0) is 44.4 Å². The Kier molecular flexibility index (Phi) is 12.8. The molecule has 1 saturated carbocycles. The van der Waals surface area contributed by atoms with Crippen LogP contribution in [0.4, 0.5) is 0 Å². The van der Waals surface area contributed by atoms with Gasteiger partial charge in [-0.15, -0.1) is 0 Å². The second-order valence-corrected chi connectivity index (χ2v) is 7.62. The number of esters is 1. The Morgan fingerprint density at radius 1 is 1.22 bits per heavy atom. The minimum Gasteiger partial charge on any atom is -0.469 e. The molecule has 4 heteroatoms. The summed E-state index contributed by atoms with van der Waals surface area (Å²) in [6.45, 7) is 2.19.